The predicted octanol–water partition coefficient (Wildman–Crippen LogP) is 2.88. The van der Waals surface area contributed by atoms with Crippen molar-refractivity contribution in [1.82, 2.24) is 15.1 Å². The largest absolute Gasteiger partial charge is 0.481 e. The third-order valence-electron chi connectivity index (χ3n) is 4.90. The summed E-state index contributed by atoms with van der Waals surface area (Å²) in [6.07, 6.45) is 5.77. The van der Waals surface area contributed by atoms with Crippen molar-refractivity contribution in [2.45, 2.75) is 26.8 Å². The van der Waals surface area contributed by atoms with Crippen LogP contribution in [0.4, 0.5) is 0 Å². The second-order valence-electron chi connectivity index (χ2n) is 7.14. The predicted molar refractivity (Wildman–Crippen MR) is 123 cm³/mol. The highest BCUT2D eigenvalue weighted by Gasteiger charge is 2.22. The van der Waals surface area contributed by atoms with Gasteiger partial charge in [0.15, 0.2) is 0 Å². The molecule has 1 aromatic carbocycles. The van der Waals surface area contributed by atoms with Crippen LogP contribution in [-0.4, -0.2) is 60.7 Å². The van der Waals surface area contributed by atoms with Crippen LogP contribution in [0, 0.1) is 0 Å². The van der Waals surface area contributed by atoms with Gasteiger partial charge in [-0.05, 0) is 37.1 Å². The van der Waals surface area contributed by atoms with Gasteiger partial charge in [0.1, 0.15) is 5.84 Å². The standard InChI is InChI=1S/C24H32N4O3/c1-5-10-22(31-4)26-21(27-13-15-28(16-14-27)23(29)6-2)17-19(3)24(30)25-18-20-11-8-7-9-12-20/h6-12,17H,2,5,13-16,18H2,1,3-4H3,(H,25,30)/b19-17+,22-10-,26-21+. The molecule has 2 amide bonds. The minimum absolute atomic E-state index is 0.0754. The molecule has 1 fully saturated rings. The van der Waals surface area contributed by atoms with Gasteiger partial charge in [-0.1, -0.05) is 43.8 Å². The lowest BCUT2D eigenvalue weighted by Gasteiger charge is -2.35. The van der Waals surface area contributed by atoms with Gasteiger partial charge < -0.3 is 19.9 Å². The summed E-state index contributed by atoms with van der Waals surface area (Å²) in [6.45, 7) is 10.1. The zero-order valence-corrected chi connectivity index (χ0v) is 18.6. The summed E-state index contributed by atoms with van der Waals surface area (Å²) >= 11 is 0. The number of aliphatic imine (C=N–C) groups is 1. The molecule has 0 aliphatic carbocycles. The van der Waals surface area contributed by atoms with E-state index in [1.807, 2.05) is 43.3 Å². The van der Waals surface area contributed by atoms with E-state index < -0.39 is 0 Å². The number of piperazine rings is 1. The maximum atomic E-state index is 12.6. The third kappa shape index (κ3) is 7.44. The molecule has 166 valence electrons. The molecular weight excluding hydrogens is 392 g/mol. The number of nitrogens with one attached hydrogen (secondary N) is 1. The monoisotopic (exact) mass is 424 g/mol. The van der Waals surface area contributed by atoms with Crippen molar-refractivity contribution in [2.75, 3.05) is 33.3 Å². The number of nitrogens with zero attached hydrogens (tertiary/aromatic N) is 3. The first kappa shape index (κ1) is 23.9. The number of hydrogen-bond acceptors (Lipinski definition) is 4. The SMILES string of the molecule is C=CC(=O)N1CCN(C(/C=C(\C)C(=O)NCc2ccccc2)=N/C(=C/CC)OC)CC1. The van der Waals surface area contributed by atoms with Crippen molar-refractivity contribution in [3.8, 4) is 0 Å². The van der Waals surface area contributed by atoms with Gasteiger partial charge in [0, 0.05) is 38.3 Å². The fraction of sp³-hybridized carbons (Fsp3) is 0.375. The Morgan fingerprint density at radius 2 is 1.81 bits per heavy atom. The summed E-state index contributed by atoms with van der Waals surface area (Å²) in [5.74, 6) is 0.902. The van der Waals surface area contributed by atoms with Crippen LogP contribution in [-0.2, 0) is 20.9 Å². The highest BCUT2D eigenvalue weighted by molar-refractivity contribution is 6.03. The normalized spacial score (nSPS) is 15.5. The summed E-state index contributed by atoms with van der Waals surface area (Å²) in [4.78, 5) is 33.0. The summed E-state index contributed by atoms with van der Waals surface area (Å²) in [7, 11) is 1.58. The van der Waals surface area contributed by atoms with E-state index in [0.29, 0.717) is 50.0 Å². The summed E-state index contributed by atoms with van der Waals surface area (Å²) in [5.41, 5.74) is 1.58. The molecule has 0 unspecified atom stereocenters. The van der Waals surface area contributed by atoms with Crippen LogP contribution in [0.2, 0.25) is 0 Å². The average Bonchev–Trinajstić information content (AvgIpc) is 2.81. The van der Waals surface area contributed by atoms with E-state index in [9.17, 15) is 9.59 Å². The quantitative estimate of drug-likeness (QED) is 0.301. The Kier molecular flexibility index (Phi) is 9.55. The first-order valence-corrected chi connectivity index (χ1v) is 10.5. The van der Waals surface area contributed by atoms with E-state index in [2.05, 4.69) is 21.8 Å². The zero-order chi connectivity index (χ0) is 22.6. The number of ether oxygens (including phenoxy) is 1. The molecule has 1 saturated heterocycles. The van der Waals surface area contributed by atoms with Gasteiger partial charge in [0.2, 0.25) is 17.7 Å². The number of hydrogen-bond donors (Lipinski definition) is 1. The van der Waals surface area contributed by atoms with E-state index in [1.54, 1.807) is 25.0 Å². The molecule has 1 aliphatic rings. The minimum atomic E-state index is -0.157. The highest BCUT2D eigenvalue weighted by atomic mass is 16.5. The van der Waals surface area contributed by atoms with Crippen LogP contribution in [0.3, 0.4) is 0 Å². The van der Waals surface area contributed by atoms with Gasteiger partial charge in [-0.3, -0.25) is 9.59 Å². The first-order valence-electron chi connectivity index (χ1n) is 10.5. The number of amides is 2. The number of benzene rings is 1. The number of carbonyl (C=O) groups excluding carboxylic acids is 2. The molecule has 1 aliphatic heterocycles. The second kappa shape index (κ2) is 12.4. The molecule has 0 aromatic heterocycles. The van der Waals surface area contributed by atoms with Crippen LogP contribution in [0.25, 0.3) is 0 Å². The van der Waals surface area contributed by atoms with E-state index in [1.165, 1.54) is 6.08 Å². The molecule has 0 atom stereocenters. The lowest BCUT2D eigenvalue weighted by Crippen LogP contribution is -2.50. The van der Waals surface area contributed by atoms with Crippen LogP contribution < -0.4 is 5.32 Å². The lowest BCUT2D eigenvalue weighted by atomic mass is 10.2. The second-order valence-corrected chi connectivity index (χ2v) is 7.14. The molecule has 0 bridgehead atoms. The molecular formula is C24H32N4O3. The Balaban J connectivity index is 2.16. The Hall–Kier alpha value is -3.35. The number of carbonyl (C=O) groups is 2. The van der Waals surface area contributed by atoms with Crippen LogP contribution in [0.5, 0.6) is 0 Å². The van der Waals surface area contributed by atoms with Crippen molar-refractivity contribution < 1.29 is 14.3 Å². The van der Waals surface area contributed by atoms with Crippen molar-refractivity contribution in [2.24, 2.45) is 4.99 Å². The summed E-state index contributed by atoms with van der Waals surface area (Å²) in [6, 6.07) is 9.77. The van der Waals surface area contributed by atoms with Crippen LogP contribution in [0.1, 0.15) is 25.8 Å². The Morgan fingerprint density at radius 1 is 1.16 bits per heavy atom. The fourth-order valence-electron chi connectivity index (χ4n) is 3.12. The molecule has 0 radical (unpaired) electrons. The average molecular weight is 425 g/mol. The molecule has 7 heteroatoms. The molecule has 7 nitrogen and oxygen atoms in total. The Labute approximate surface area is 184 Å². The van der Waals surface area contributed by atoms with E-state index in [-0.39, 0.29) is 11.8 Å². The van der Waals surface area contributed by atoms with E-state index in [0.717, 1.165) is 12.0 Å². The highest BCUT2D eigenvalue weighted by Crippen LogP contribution is 2.10. The molecule has 2 rings (SSSR count). The van der Waals surface area contributed by atoms with Crippen molar-refractivity contribution in [1.29, 1.82) is 0 Å². The minimum Gasteiger partial charge on any atom is -0.481 e. The number of amidine groups is 1. The van der Waals surface area contributed by atoms with Gasteiger partial charge in [-0.25, -0.2) is 0 Å². The number of allylic oxidation sites excluding steroid dienone is 1. The van der Waals surface area contributed by atoms with Crippen LogP contribution >= 0.6 is 0 Å². The van der Waals surface area contributed by atoms with E-state index >= 15 is 0 Å². The summed E-state index contributed by atoms with van der Waals surface area (Å²) in [5, 5.41) is 2.94. The maximum Gasteiger partial charge on any atom is 0.247 e. The fourth-order valence-corrected chi connectivity index (χ4v) is 3.12. The molecule has 1 N–H and O–H groups in total. The van der Waals surface area contributed by atoms with Crippen LogP contribution in [0.15, 0.2) is 71.6 Å². The smallest absolute Gasteiger partial charge is 0.247 e. The molecule has 0 spiro atoms. The van der Waals surface area contributed by atoms with Gasteiger partial charge in [-0.15, -0.1) is 0 Å². The first-order chi connectivity index (χ1) is 15.0. The maximum absolute atomic E-state index is 12.6. The van der Waals surface area contributed by atoms with Gasteiger partial charge in [0.05, 0.1) is 7.11 Å². The molecule has 1 heterocycles. The van der Waals surface area contributed by atoms with Gasteiger partial charge in [0.25, 0.3) is 0 Å². The number of methoxy groups -OCH3 is 1. The molecule has 1 aromatic rings. The Morgan fingerprint density at radius 3 is 2.39 bits per heavy atom. The van der Waals surface area contributed by atoms with Crippen molar-refractivity contribution in [3.05, 3.63) is 72.2 Å². The molecule has 0 saturated carbocycles. The van der Waals surface area contributed by atoms with Crippen molar-refractivity contribution >= 4 is 17.6 Å². The number of rotatable bonds is 8. The zero-order valence-electron chi connectivity index (χ0n) is 18.6. The van der Waals surface area contributed by atoms with Crippen molar-refractivity contribution in [3.63, 3.8) is 0 Å². The summed E-state index contributed by atoms with van der Waals surface area (Å²) < 4.78 is 5.38. The van der Waals surface area contributed by atoms with Gasteiger partial charge in [-0.2, -0.15) is 4.99 Å². The molecule has 31 heavy (non-hydrogen) atoms. The lowest BCUT2D eigenvalue weighted by molar-refractivity contribution is -0.127. The Bertz CT molecular complexity index is 851. The van der Waals surface area contributed by atoms with Gasteiger partial charge >= 0.3 is 0 Å². The third-order valence-corrected chi connectivity index (χ3v) is 4.90. The van der Waals surface area contributed by atoms with E-state index in [4.69, 9.17) is 4.74 Å². The topological polar surface area (TPSA) is 74.2 Å².